The fourth-order valence-electron chi connectivity index (χ4n) is 3.44. The Hall–Kier alpha value is -2.95. The quantitative estimate of drug-likeness (QED) is 0.466. The maximum Gasteiger partial charge on any atom is 0.573 e. The third kappa shape index (κ3) is 5.35. The number of nitrogens with two attached hydrogens (primary N) is 1. The summed E-state index contributed by atoms with van der Waals surface area (Å²) in [7, 11) is 0. The summed E-state index contributed by atoms with van der Waals surface area (Å²) >= 11 is 0. The fourth-order valence-corrected chi connectivity index (χ4v) is 3.44. The lowest BCUT2D eigenvalue weighted by Gasteiger charge is -2.19. The van der Waals surface area contributed by atoms with Gasteiger partial charge in [0.2, 0.25) is 0 Å². The second-order valence-electron chi connectivity index (χ2n) is 8.58. The molecule has 0 saturated carbocycles. The zero-order chi connectivity index (χ0) is 22.1. The van der Waals surface area contributed by atoms with Crippen LogP contribution in [0.4, 0.5) is 18.9 Å². The van der Waals surface area contributed by atoms with E-state index in [1.54, 1.807) is 12.1 Å². The van der Waals surface area contributed by atoms with Crippen molar-refractivity contribution in [3.63, 3.8) is 0 Å². The van der Waals surface area contributed by atoms with Gasteiger partial charge in [-0.3, -0.25) is 0 Å². The molecule has 158 valence electrons. The number of halogens is 3. The van der Waals surface area contributed by atoms with Crippen LogP contribution in [-0.4, -0.2) is 6.36 Å². The van der Waals surface area contributed by atoms with Crippen molar-refractivity contribution in [2.75, 3.05) is 5.73 Å². The summed E-state index contributed by atoms with van der Waals surface area (Å²) in [6.45, 7) is 8.52. The van der Waals surface area contributed by atoms with E-state index in [-0.39, 0.29) is 11.2 Å². The van der Waals surface area contributed by atoms with Gasteiger partial charge in [0.1, 0.15) is 5.75 Å². The Labute approximate surface area is 175 Å². The van der Waals surface area contributed by atoms with E-state index in [0.29, 0.717) is 12.1 Å². The number of alkyl halides is 3. The first-order valence-electron chi connectivity index (χ1n) is 9.77. The fraction of sp³-hybridized carbons (Fsp3) is 0.280. The summed E-state index contributed by atoms with van der Waals surface area (Å²) in [5.41, 5.74) is 13.2. The van der Waals surface area contributed by atoms with E-state index in [9.17, 15) is 13.2 Å². The molecular weight excluding hydrogens is 387 g/mol. The van der Waals surface area contributed by atoms with Crippen LogP contribution in [0.15, 0.2) is 60.7 Å². The van der Waals surface area contributed by atoms with Crippen LogP contribution in [0.2, 0.25) is 0 Å². The number of rotatable bonds is 4. The third-order valence-electron chi connectivity index (χ3n) is 5.02. The molecule has 0 unspecified atom stereocenters. The smallest absolute Gasteiger partial charge is 0.406 e. The average molecular weight is 413 g/mol. The van der Waals surface area contributed by atoms with Gasteiger partial charge in [0.25, 0.3) is 0 Å². The molecule has 0 radical (unpaired) electrons. The van der Waals surface area contributed by atoms with Crippen molar-refractivity contribution in [3.05, 3.63) is 82.9 Å². The van der Waals surface area contributed by atoms with Crippen LogP contribution in [0.3, 0.4) is 0 Å². The number of hydrogen-bond acceptors (Lipinski definition) is 2. The van der Waals surface area contributed by atoms with Gasteiger partial charge in [0.15, 0.2) is 0 Å². The highest BCUT2D eigenvalue weighted by atomic mass is 19.4. The van der Waals surface area contributed by atoms with Crippen LogP contribution in [0.1, 0.15) is 43.0 Å². The Kier molecular flexibility index (Phi) is 5.84. The Balaban J connectivity index is 1.88. The number of benzene rings is 3. The molecule has 0 spiro atoms. The van der Waals surface area contributed by atoms with Crippen molar-refractivity contribution in [2.45, 2.75) is 45.9 Å². The molecule has 0 heterocycles. The highest BCUT2D eigenvalue weighted by molar-refractivity contribution is 5.80. The molecule has 3 aromatic rings. The van der Waals surface area contributed by atoms with Gasteiger partial charge >= 0.3 is 6.36 Å². The second kappa shape index (κ2) is 8.05. The monoisotopic (exact) mass is 413 g/mol. The topological polar surface area (TPSA) is 35.2 Å². The summed E-state index contributed by atoms with van der Waals surface area (Å²) in [4.78, 5) is 0. The zero-order valence-corrected chi connectivity index (χ0v) is 17.6. The van der Waals surface area contributed by atoms with Gasteiger partial charge in [0.05, 0.1) is 0 Å². The van der Waals surface area contributed by atoms with Crippen LogP contribution >= 0.6 is 0 Å². The number of aryl methyl sites for hydroxylation is 1. The van der Waals surface area contributed by atoms with E-state index >= 15 is 0 Å². The molecule has 0 aromatic heterocycles. The van der Waals surface area contributed by atoms with E-state index in [1.165, 1.54) is 17.7 Å². The van der Waals surface area contributed by atoms with E-state index in [4.69, 9.17) is 5.73 Å². The Morgan fingerprint density at radius 1 is 0.867 bits per heavy atom. The maximum atomic E-state index is 12.4. The molecule has 30 heavy (non-hydrogen) atoms. The lowest BCUT2D eigenvalue weighted by molar-refractivity contribution is -0.274. The van der Waals surface area contributed by atoms with Gasteiger partial charge in [-0.25, -0.2) is 0 Å². The number of anilines is 1. The van der Waals surface area contributed by atoms with Crippen LogP contribution in [0.25, 0.3) is 11.1 Å². The zero-order valence-electron chi connectivity index (χ0n) is 17.6. The van der Waals surface area contributed by atoms with Gasteiger partial charge in [-0.15, -0.1) is 13.2 Å². The van der Waals surface area contributed by atoms with Gasteiger partial charge in [-0.2, -0.15) is 0 Å². The highest BCUT2D eigenvalue weighted by Crippen LogP contribution is 2.33. The minimum absolute atomic E-state index is 0.0933. The molecule has 3 aromatic carbocycles. The van der Waals surface area contributed by atoms with Crippen LogP contribution in [-0.2, 0) is 11.8 Å². The van der Waals surface area contributed by atoms with E-state index in [0.717, 1.165) is 27.8 Å². The molecule has 0 saturated heterocycles. The van der Waals surface area contributed by atoms with Crippen molar-refractivity contribution in [1.82, 2.24) is 0 Å². The largest absolute Gasteiger partial charge is 0.573 e. The third-order valence-corrected chi connectivity index (χ3v) is 5.02. The molecule has 2 N–H and O–H groups in total. The van der Waals surface area contributed by atoms with Crippen molar-refractivity contribution in [2.24, 2.45) is 0 Å². The van der Waals surface area contributed by atoms with E-state index < -0.39 is 6.36 Å². The summed E-state index contributed by atoms with van der Waals surface area (Å²) < 4.78 is 41.1. The first-order chi connectivity index (χ1) is 13.9. The molecule has 0 amide bonds. The van der Waals surface area contributed by atoms with Crippen molar-refractivity contribution < 1.29 is 17.9 Å². The SMILES string of the molecule is Cc1cc(Cc2ccc(C(C)(C)C)cc2)c(N)c(-c2ccc(OC(F)(F)F)cc2)c1. The number of ether oxygens (including phenoxy) is 1. The van der Waals surface area contributed by atoms with Crippen LogP contribution < -0.4 is 10.5 Å². The minimum atomic E-state index is -4.71. The van der Waals surface area contributed by atoms with Crippen LogP contribution in [0, 0.1) is 6.92 Å². The Morgan fingerprint density at radius 2 is 1.47 bits per heavy atom. The van der Waals surface area contributed by atoms with Crippen LogP contribution in [0.5, 0.6) is 5.75 Å². The lowest BCUT2D eigenvalue weighted by Crippen LogP contribution is -2.16. The molecule has 0 atom stereocenters. The van der Waals surface area contributed by atoms with Gasteiger partial charge in [-0.05, 0) is 59.2 Å². The van der Waals surface area contributed by atoms with Crippen molar-refractivity contribution >= 4 is 5.69 Å². The molecular formula is C25H26F3NO. The Morgan fingerprint density at radius 3 is 2.00 bits per heavy atom. The highest BCUT2D eigenvalue weighted by Gasteiger charge is 2.31. The lowest BCUT2D eigenvalue weighted by atomic mass is 9.86. The molecule has 0 aliphatic heterocycles. The normalized spacial score (nSPS) is 12.1. The minimum Gasteiger partial charge on any atom is -0.406 e. The summed E-state index contributed by atoms with van der Waals surface area (Å²) in [6.07, 6.45) is -4.03. The molecule has 3 rings (SSSR count). The van der Waals surface area contributed by atoms with Gasteiger partial charge in [0, 0.05) is 11.3 Å². The van der Waals surface area contributed by atoms with Crippen molar-refractivity contribution in [1.29, 1.82) is 0 Å². The molecule has 0 aliphatic rings. The molecule has 2 nitrogen and oxygen atoms in total. The average Bonchev–Trinajstić information content (AvgIpc) is 2.63. The summed E-state index contributed by atoms with van der Waals surface area (Å²) in [6, 6.07) is 18.3. The number of hydrogen-bond donors (Lipinski definition) is 1. The summed E-state index contributed by atoms with van der Waals surface area (Å²) in [5.74, 6) is -0.253. The predicted molar refractivity (Wildman–Crippen MR) is 116 cm³/mol. The predicted octanol–water partition coefficient (Wildman–Crippen LogP) is 7.03. The standard InChI is InChI=1S/C25H26F3NO/c1-16-13-19(15-17-5-9-20(10-6-17)24(2,3)4)23(29)22(14-16)18-7-11-21(12-8-18)30-25(26,27)28/h5-14H,15,29H2,1-4H3. The van der Waals surface area contributed by atoms with E-state index in [1.807, 2.05) is 13.0 Å². The maximum absolute atomic E-state index is 12.4. The molecule has 0 aliphatic carbocycles. The first kappa shape index (κ1) is 21.8. The second-order valence-corrected chi connectivity index (χ2v) is 8.58. The first-order valence-corrected chi connectivity index (χ1v) is 9.77. The van der Waals surface area contributed by atoms with Crippen molar-refractivity contribution in [3.8, 4) is 16.9 Å². The molecule has 0 bridgehead atoms. The summed E-state index contributed by atoms with van der Waals surface area (Å²) in [5, 5.41) is 0. The number of nitrogen functional groups attached to an aromatic ring is 1. The van der Waals surface area contributed by atoms with Gasteiger partial charge in [-0.1, -0.05) is 68.8 Å². The molecule has 0 fully saturated rings. The van der Waals surface area contributed by atoms with Gasteiger partial charge < -0.3 is 10.5 Å². The molecule has 5 heteroatoms. The van der Waals surface area contributed by atoms with E-state index in [2.05, 4.69) is 55.8 Å². The Bertz CT molecular complexity index is 1010.